The van der Waals surface area contributed by atoms with Crippen molar-refractivity contribution in [3.8, 4) is 0 Å². The fourth-order valence-corrected chi connectivity index (χ4v) is 2.95. The quantitative estimate of drug-likeness (QED) is 0.229. The molecule has 3 saturated heterocycles. The number of rotatable bonds is 0. The van der Waals surface area contributed by atoms with Gasteiger partial charge in [0.2, 0.25) is 0 Å². The first-order chi connectivity index (χ1) is 10.7. The van der Waals surface area contributed by atoms with Crippen LogP contribution in [0.2, 0.25) is 0 Å². The van der Waals surface area contributed by atoms with E-state index in [9.17, 15) is 0 Å². The summed E-state index contributed by atoms with van der Waals surface area (Å²) in [6, 6.07) is 0. The highest BCUT2D eigenvalue weighted by molar-refractivity contribution is 4.92. The molecule has 2 bridgehead atoms. The highest BCUT2D eigenvalue weighted by atomic mass is 15.1. The molecule has 8 nitrogen and oxygen atoms in total. The molecular weight excluding hydrogens is 280 g/mol. The van der Waals surface area contributed by atoms with Gasteiger partial charge in [-0.05, 0) is 0 Å². The number of hydrogen-bond donors (Lipinski definition) is 8. The fourth-order valence-electron chi connectivity index (χ4n) is 2.95. The van der Waals surface area contributed by atoms with Crippen molar-refractivity contribution in [2.24, 2.45) is 17.4 Å². The second-order valence-corrected chi connectivity index (χ2v) is 6.54. The zero-order valence-electron chi connectivity index (χ0n) is 13.6. The second kappa shape index (κ2) is 9.74. The minimum absolute atomic E-state index is 0.00349. The van der Waals surface area contributed by atoms with Crippen LogP contribution < -0.4 is 43.4 Å². The summed E-state index contributed by atoms with van der Waals surface area (Å²) >= 11 is 0. The SMILES string of the molecule is NC1NCCNCC2(N)CNCCNCC1CNCCNC2. The summed E-state index contributed by atoms with van der Waals surface area (Å²) in [5.74, 6) is 0.375. The van der Waals surface area contributed by atoms with E-state index in [0.717, 1.165) is 72.0 Å². The third-order valence-electron chi connectivity index (χ3n) is 4.39. The second-order valence-electron chi connectivity index (χ2n) is 6.54. The van der Waals surface area contributed by atoms with Gasteiger partial charge in [-0.3, -0.25) is 0 Å². The van der Waals surface area contributed by atoms with E-state index < -0.39 is 0 Å². The van der Waals surface area contributed by atoms with Gasteiger partial charge in [-0.1, -0.05) is 0 Å². The summed E-state index contributed by atoms with van der Waals surface area (Å²) in [5.41, 5.74) is 12.6. The molecule has 3 fully saturated rings. The van der Waals surface area contributed by atoms with E-state index >= 15 is 0 Å². The van der Waals surface area contributed by atoms with Crippen LogP contribution in [0.15, 0.2) is 0 Å². The molecule has 0 aromatic heterocycles. The largest absolute Gasteiger partial charge is 0.322 e. The van der Waals surface area contributed by atoms with Crippen LogP contribution in [0.25, 0.3) is 0 Å². The third kappa shape index (κ3) is 6.43. The van der Waals surface area contributed by atoms with Gasteiger partial charge in [0, 0.05) is 77.9 Å². The molecule has 0 aliphatic carbocycles. The van der Waals surface area contributed by atoms with E-state index in [0.29, 0.717) is 5.92 Å². The van der Waals surface area contributed by atoms with Crippen molar-refractivity contribution < 1.29 is 0 Å². The maximum Gasteiger partial charge on any atom is 0.0600 e. The normalized spacial score (nSPS) is 37.4. The molecule has 10 N–H and O–H groups in total. The van der Waals surface area contributed by atoms with Crippen molar-refractivity contribution in [2.45, 2.75) is 11.7 Å². The van der Waals surface area contributed by atoms with Crippen LogP contribution in [0.4, 0.5) is 0 Å². The minimum Gasteiger partial charge on any atom is -0.322 e. The average molecular weight is 314 g/mol. The summed E-state index contributed by atoms with van der Waals surface area (Å²) in [5, 5.41) is 20.8. The predicted molar refractivity (Wildman–Crippen MR) is 90.7 cm³/mol. The first kappa shape index (κ1) is 18.0. The van der Waals surface area contributed by atoms with Crippen molar-refractivity contribution in [1.82, 2.24) is 31.9 Å². The summed E-state index contributed by atoms with van der Waals surface area (Å²) in [6.07, 6.45) is -0.00349. The number of fused-ring (bicyclic) bond motifs is 15. The van der Waals surface area contributed by atoms with Crippen LogP contribution in [-0.4, -0.2) is 83.7 Å². The fraction of sp³-hybridized carbons (Fsp3) is 1.00. The Morgan fingerprint density at radius 2 is 1.14 bits per heavy atom. The predicted octanol–water partition coefficient (Wildman–Crippen LogP) is -3.85. The molecule has 0 radical (unpaired) electrons. The van der Waals surface area contributed by atoms with Crippen LogP contribution in [0.5, 0.6) is 0 Å². The van der Waals surface area contributed by atoms with E-state index in [-0.39, 0.29) is 11.7 Å². The molecule has 1 atom stereocenters. The first-order valence-corrected chi connectivity index (χ1v) is 8.51. The Hall–Kier alpha value is -0.320. The van der Waals surface area contributed by atoms with Gasteiger partial charge >= 0.3 is 0 Å². The molecule has 3 heterocycles. The molecule has 3 aliphatic heterocycles. The zero-order chi connectivity index (χ0) is 15.7. The molecule has 0 aromatic carbocycles. The van der Waals surface area contributed by atoms with Gasteiger partial charge in [0.05, 0.1) is 11.7 Å². The van der Waals surface area contributed by atoms with E-state index in [4.69, 9.17) is 11.5 Å². The monoisotopic (exact) mass is 314 g/mol. The van der Waals surface area contributed by atoms with E-state index in [1.807, 2.05) is 0 Å². The van der Waals surface area contributed by atoms with Gasteiger partial charge in [0.15, 0.2) is 0 Å². The van der Waals surface area contributed by atoms with E-state index in [2.05, 4.69) is 31.9 Å². The first-order valence-electron chi connectivity index (χ1n) is 8.51. The van der Waals surface area contributed by atoms with Crippen molar-refractivity contribution in [3.05, 3.63) is 0 Å². The maximum atomic E-state index is 6.55. The van der Waals surface area contributed by atoms with E-state index in [1.54, 1.807) is 0 Å². The number of nitrogens with two attached hydrogens (primary N) is 2. The Morgan fingerprint density at radius 3 is 1.68 bits per heavy atom. The van der Waals surface area contributed by atoms with Crippen molar-refractivity contribution in [2.75, 3.05) is 72.0 Å². The molecule has 0 aromatic rings. The van der Waals surface area contributed by atoms with Gasteiger partial charge in [-0.15, -0.1) is 0 Å². The van der Waals surface area contributed by atoms with Crippen LogP contribution in [0.1, 0.15) is 0 Å². The van der Waals surface area contributed by atoms with Crippen molar-refractivity contribution in [1.29, 1.82) is 0 Å². The molecule has 0 amide bonds. The van der Waals surface area contributed by atoms with E-state index in [1.165, 1.54) is 0 Å². The molecule has 0 spiro atoms. The molecule has 1 unspecified atom stereocenters. The summed E-state index contributed by atoms with van der Waals surface area (Å²) < 4.78 is 0. The maximum absolute atomic E-state index is 6.55. The molecule has 22 heavy (non-hydrogen) atoms. The molecular formula is C14H34N8. The minimum atomic E-state index is -0.279. The summed E-state index contributed by atoms with van der Waals surface area (Å²) in [4.78, 5) is 0. The van der Waals surface area contributed by atoms with Gasteiger partial charge in [0.25, 0.3) is 0 Å². The molecule has 0 saturated carbocycles. The van der Waals surface area contributed by atoms with Gasteiger partial charge in [0.1, 0.15) is 0 Å². The van der Waals surface area contributed by atoms with Crippen LogP contribution in [0.3, 0.4) is 0 Å². The van der Waals surface area contributed by atoms with Crippen LogP contribution >= 0.6 is 0 Å². The van der Waals surface area contributed by atoms with Gasteiger partial charge in [-0.25, -0.2) is 0 Å². The lowest BCUT2D eigenvalue weighted by Crippen LogP contribution is -2.63. The summed E-state index contributed by atoms with van der Waals surface area (Å²) in [6.45, 7) is 9.65. The van der Waals surface area contributed by atoms with Crippen molar-refractivity contribution >= 4 is 0 Å². The van der Waals surface area contributed by atoms with Crippen LogP contribution in [0, 0.1) is 5.92 Å². The highest BCUT2D eigenvalue weighted by Crippen LogP contribution is 1.99. The van der Waals surface area contributed by atoms with Gasteiger partial charge in [-0.2, -0.15) is 0 Å². The number of nitrogens with one attached hydrogen (secondary N) is 6. The van der Waals surface area contributed by atoms with Crippen LogP contribution in [-0.2, 0) is 0 Å². The topological polar surface area (TPSA) is 124 Å². The Morgan fingerprint density at radius 1 is 0.682 bits per heavy atom. The highest BCUT2D eigenvalue weighted by Gasteiger charge is 2.24. The Kier molecular flexibility index (Phi) is 7.98. The average Bonchev–Trinajstić information content (AvgIpc) is 2.50. The Labute approximate surface area is 133 Å². The standard InChI is InChI=1S/C14H34N8/c15-13-12-7-17-1-3-19-9-14(16,11-21-5-6-22-13)10-20-4-2-18-8-12/h12-13,17-22H,1-11,15-16H2. The Balaban J connectivity index is 2.02. The zero-order valence-corrected chi connectivity index (χ0v) is 13.6. The lowest BCUT2D eigenvalue weighted by atomic mass is 10.0. The Bertz CT molecular complexity index is 285. The molecule has 3 aliphatic rings. The smallest absolute Gasteiger partial charge is 0.0600 e. The summed E-state index contributed by atoms with van der Waals surface area (Å²) in [7, 11) is 0. The molecule has 130 valence electrons. The third-order valence-corrected chi connectivity index (χ3v) is 4.39. The van der Waals surface area contributed by atoms with Crippen molar-refractivity contribution in [3.63, 3.8) is 0 Å². The van der Waals surface area contributed by atoms with Gasteiger partial charge < -0.3 is 43.4 Å². The molecule has 8 heteroatoms. The molecule has 3 rings (SSSR count). The lowest BCUT2D eigenvalue weighted by molar-refractivity contribution is 0.304. The lowest BCUT2D eigenvalue weighted by Gasteiger charge is -2.32. The number of hydrogen-bond acceptors (Lipinski definition) is 8.